The molecule has 5 rings (SSSR count). The monoisotopic (exact) mass is 459 g/mol. The van der Waals surface area contributed by atoms with Gasteiger partial charge in [-0.1, -0.05) is 57.9 Å². The summed E-state index contributed by atoms with van der Waals surface area (Å²) in [5.41, 5.74) is 5.45. The Hall–Kier alpha value is -2.92. The van der Waals surface area contributed by atoms with Crippen LogP contribution in [0.5, 0.6) is 0 Å². The van der Waals surface area contributed by atoms with Crippen molar-refractivity contribution < 1.29 is 4.79 Å². The first-order valence-electron chi connectivity index (χ1n) is 10.1. The lowest BCUT2D eigenvalue weighted by Gasteiger charge is -2.18. The number of amides is 1. The third kappa shape index (κ3) is 3.54. The number of imidazole rings is 1. The minimum absolute atomic E-state index is 0.0710. The van der Waals surface area contributed by atoms with Crippen molar-refractivity contribution >= 4 is 38.6 Å². The van der Waals surface area contributed by atoms with Gasteiger partial charge in [0.2, 0.25) is 5.91 Å². The van der Waals surface area contributed by atoms with E-state index in [0.717, 1.165) is 33.6 Å². The Morgan fingerprint density at radius 3 is 2.50 bits per heavy atom. The van der Waals surface area contributed by atoms with Crippen LogP contribution in [-0.4, -0.2) is 22.0 Å². The average molecular weight is 460 g/mol. The fourth-order valence-corrected chi connectivity index (χ4v) is 4.46. The van der Waals surface area contributed by atoms with E-state index in [0.29, 0.717) is 13.0 Å². The highest BCUT2D eigenvalue weighted by Gasteiger charge is 2.34. The highest BCUT2D eigenvalue weighted by molar-refractivity contribution is 9.10. The third-order valence-corrected chi connectivity index (χ3v) is 6.30. The molecule has 150 valence electrons. The van der Waals surface area contributed by atoms with E-state index < -0.39 is 0 Å². The van der Waals surface area contributed by atoms with Crippen LogP contribution in [0.2, 0.25) is 0 Å². The minimum atomic E-state index is 0.0710. The van der Waals surface area contributed by atoms with Gasteiger partial charge in [-0.2, -0.15) is 0 Å². The van der Waals surface area contributed by atoms with Crippen LogP contribution in [0.3, 0.4) is 0 Å². The molecule has 1 fully saturated rings. The number of hydrogen-bond acceptors (Lipinski definition) is 2. The number of aromatic nitrogens is 2. The third-order valence-electron chi connectivity index (χ3n) is 5.77. The zero-order valence-corrected chi connectivity index (χ0v) is 18.3. The fourth-order valence-electron chi connectivity index (χ4n) is 4.20. The Bertz CT molecular complexity index is 1210. The maximum atomic E-state index is 12.8. The van der Waals surface area contributed by atoms with Crippen LogP contribution in [0.15, 0.2) is 77.3 Å². The van der Waals surface area contributed by atoms with Crippen LogP contribution in [0.4, 0.5) is 5.69 Å². The molecule has 3 aromatic carbocycles. The first-order chi connectivity index (χ1) is 14.6. The van der Waals surface area contributed by atoms with Crippen LogP contribution >= 0.6 is 15.9 Å². The molecule has 1 aliphatic rings. The molecule has 0 spiro atoms. The predicted octanol–water partition coefficient (Wildman–Crippen LogP) is 5.68. The molecule has 0 N–H and O–H groups in total. The van der Waals surface area contributed by atoms with Gasteiger partial charge < -0.3 is 9.47 Å². The number of carbonyl (C=O) groups is 1. The number of aryl methyl sites for hydroxylation is 1. The Balaban J connectivity index is 1.51. The number of para-hydroxylation sites is 2. The molecule has 1 atom stereocenters. The van der Waals surface area contributed by atoms with Crippen molar-refractivity contribution in [3.05, 3.63) is 94.2 Å². The molecule has 0 saturated carbocycles. The summed E-state index contributed by atoms with van der Waals surface area (Å²) >= 11 is 3.51. The van der Waals surface area contributed by atoms with Crippen LogP contribution in [-0.2, 0) is 11.3 Å². The summed E-state index contributed by atoms with van der Waals surface area (Å²) in [4.78, 5) is 19.7. The predicted molar refractivity (Wildman–Crippen MR) is 124 cm³/mol. The second-order valence-corrected chi connectivity index (χ2v) is 8.83. The van der Waals surface area contributed by atoms with Gasteiger partial charge in [-0.05, 0) is 48.9 Å². The fraction of sp³-hybridized carbons (Fsp3) is 0.200. The maximum absolute atomic E-state index is 12.8. The molecule has 1 amide bonds. The summed E-state index contributed by atoms with van der Waals surface area (Å²) < 4.78 is 3.34. The number of halogens is 1. The number of anilines is 1. The highest BCUT2D eigenvalue weighted by Crippen LogP contribution is 2.33. The van der Waals surface area contributed by atoms with Crippen molar-refractivity contribution in [1.29, 1.82) is 0 Å². The Labute approximate surface area is 184 Å². The van der Waals surface area contributed by atoms with Crippen molar-refractivity contribution in [1.82, 2.24) is 9.55 Å². The normalized spacial score (nSPS) is 16.5. The summed E-state index contributed by atoms with van der Waals surface area (Å²) in [7, 11) is 0. The topological polar surface area (TPSA) is 38.1 Å². The Morgan fingerprint density at radius 1 is 1.00 bits per heavy atom. The first-order valence-corrected chi connectivity index (χ1v) is 10.9. The van der Waals surface area contributed by atoms with Crippen molar-refractivity contribution in [3.63, 3.8) is 0 Å². The van der Waals surface area contributed by atoms with Crippen molar-refractivity contribution in [3.8, 4) is 0 Å². The summed E-state index contributed by atoms with van der Waals surface area (Å²) in [5.74, 6) is 1.22. The smallest absolute Gasteiger partial charge is 0.227 e. The lowest BCUT2D eigenvalue weighted by Crippen LogP contribution is -2.24. The molecule has 0 aliphatic carbocycles. The van der Waals surface area contributed by atoms with Crippen molar-refractivity contribution in [2.75, 3.05) is 11.4 Å². The molecule has 2 heterocycles. The largest absolute Gasteiger partial charge is 0.323 e. The van der Waals surface area contributed by atoms with E-state index in [2.05, 4.69) is 69.9 Å². The number of carbonyl (C=O) groups excluding carboxylic acids is 1. The molecule has 30 heavy (non-hydrogen) atoms. The van der Waals surface area contributed by atoms with E-state index in [9.17, 15) is 4.79 Å². The number of benzene rings is 3. The molecular weight excluding hydrogens is 438 g/mol. The van der Waals surface area contributed by atoms with E-state index in [1.807, 2.05) is 35.2 Å². The highest BCUT2D eigenvalue weighted by atomic mass is 79.9. The van der Waals surface area contributed by atoms with Crippen LogP contribution in [0.1, 0.15) is 29.3 Å². The van der Waals surface area contributed by atoms with Gasteiger partial charge in [-0.25, -0.2) is 4.98 Å². The standard InChI is InChI=1S/C25H22BrN3O/c1-17-6-12-21(13-7-17)28-16-19(14-24(28)30)25-27-22-4-2-3-5-23(22)29(25)15-18-8-10-20(26)11-9-18/h2-13,19H,14-16H2,1H3/t19-/m0/s1. The van der Waals surface area contributed by atoms with Crippen LogP contribution < -0.4 is 4.90 Å². The van der Waals surface area contributed by atoms with Crippen LogP contribution in [0, 0.1) is 6.92 Å². The molecule has 1 aromatic heterocycles. The lowest BCUT2D eigenvalue weighted by molar-refractivity contribution is -0.117. The SMILES string of the molecule is Cc1ccc(N2C[C@@H](c3nc4ccccc4n3Cc3ccc(Br)cc3)CC2=O)cc1. The summed E-state index contributed by atoms with van der Waals surface area (Å²) in [6.07, 6.45) is 0.484. The molecule has 4 aromatic rings. The number of rotatable bonds is 4. The van der Waals surface area contributed by atoms with E-state index in [1.165, 1.54) is 11.1 Å². The van der Waals surface area contributed by atoms with E-state index in [-0.39, 0.29) is 11.8 Å². The zero-order chi connectivity index (χ0) is 20.7. The molecule has 1 saturated heterocycles. The molecule has 0 radical (unpaired) electrons. The van der Waals surface area contributed by atoms with Gasteiger partial charge in [0.25, 0.3) is 0 Å². The van der Waals surface area contributed by atoms with Gasteiger partial charge >= 0.3 is 0 Å². The van der Waals surface area contributed by atoms with Gasteiger partial charge in [0.1, 0.15) is 5.82 Å². The zero-order valence-electron chi connectivity index (χ0n) is 16.8. The van der Waals surface area contributed by atoms with E-state index >= 15 is 0 Å². The van der Waals surface area contributed by atoms with Gasteiger partial charge in [-0.15, -0.1) is 0 Å². The van der Waals surface area contributed by atoms with Gasteiger partial charge in [-0.3, -0.25) is 4.79 Å². The minimum Gasteiger partial charge on any atom is -0.323 e. The van der Waals surface area contributed by atoms with Gasteiger partial charge in [0.15, 0.2) is 0 Å². The second-order valence-electron chi connectivity index (χ2n) is 7.91. The summed E-state index contributed by atoms with van der Waals surface area (Å²) in [5, 5.41) is 0. The second kappa shape index (κ2) is 7.73. The van der Waals surface area contributed by atoms with E-state index in [4.69, 9.17) is 4.98 Å². The van der Waals surface area contributed by atoms with Gasteiger partial charge in [0, 0.05) is 35.6 Å². The number of nitrogens with zero attached hydrogens (tertiary/aromatic N) is 3. The Morgan fingerprint density at radius 2 is 1.73 bits per heavy atom. The van der Waals surface area contributed by atoms with Crippen LogP contribution in [0.25, 0.3) is 11.0 Å². The maximum Gasteiger partial charge on any atom is 0.227 e. The number of hydrogen-bond donors (Lipinski definition) is 0. The van der Waals surface area contributed by atoms with Crippen molar-refractivity contribution in [2.45, 2.75) is 25.8 Å². The molecule has 0 bridgehead atoms. The molecular formula is C25H22BrN3O. The van der Waals surface area contributed by atoms with Gasteiger partial charge in [0.05, 0.1) is 11.0 Å². The quantitative estimate of drug-likeness (QED) is 0.393. The molecule has 5 heteroatoms. The summed E-state index contributed by atoms with van der Waals surface area (Å²) in [6, 6.07) is 24.8. The first kappa shape index (κ1) is 19.1. The number of fused-ring (bicyclic) bond motifs is 1. The molecule has 4 nitrogen and oxygen atoms in total. The molecule has 1 aliphatic heterocycles. The summed E-state index contributed by atoms with van der Waals surface area (Å²) in [6.45, 7) is 3.45. The van der Waals surface area contributed by atoms with Crippen molar-refractivity contribution in [2.24, 2.45) is 0 Å². The van der Waals surface area contributed by atoms with E-state index in [1.54, 1.807) is 0 Å². The molecule has 0 unspecified atom stereocenters. The lowest BCUT2D eigenvalue weighted by atomic mass is 10.1. The average Bonchev–Trinajstić information content (AvgIpc) is 3.31. The Kier molecular flexibility index (Phi) is 4.91.